The fourth-order valence-electron chi connectivity index (χ4n) is 3.56. The Balaban J connectivity index is 1.70. The zero-order valence-electron chi connectivity index (χ0n) is 21.6. The van der Waals surface area contributed by atoms with Gasteiger partial charge in [0.1, 0.15) is 17.9 Å². The van der Waals surface area contributed by atoms with E-state index in [0.717, 1.165) is 0 Å². The second kappa shape index (κ2) is 12.5. The summed E-state index contributed by atoms with van der Waals surface area (Å²) in [5, 5.41) is 22.3. The van der Waals surface area contributed by atoms with Crippen molar-refractivity contribution in [2.45, 2.75) is 12.2 Å². The van der Waals surface area contributed by atoms with Gasteiger partial charge in [0.05, 0.1) is 34.1 Å². The number of ether oxygens (including phenoxy) is 4. The normalized spacial score (nSPS) is 12.3. The number of aliphatic hydroxyl groups excluding tert-OH is 2. The maximum absolute atomic E-state index is 16.0. The number of methoxy groups -OCH3 is 4. The first-order chi connectivity index (χ1) is 19.3. The minimum absolute atomic E-state index is 0.0327. The van der Waals surface area contributed by atoms with Gasteiger partial charge in [0, 0.05) is 22.9 Å². The van der Waals surface area contributed by atoms with Crippen LogP contribution in [0.15, 0.2) is 48.5 Å². The lowest BCUT2D eigenvalue weighted by Crippen LogP contribution is -2.31. The molecule has 2 N–H and O–H groups in total. The van der Waals surface area contributed by atoms with Gasteiger partial charge in [0.2, 0.25) is 0 Å². The summed E-state index contributed by atoms with van der Waals surface area (Å²) in [5.74, 6) is -0.278. The number of aromatic nitrogens is 6. The van der Waals surface area contributed by atoms with Gasteiger partial charge in [-0.1, -0.05) is 40.9 Å². The molecule has 2 aromatic carbocycles. The molecule has 4 rings (SSSR count). The van der Waals surface area contributed by atoms with E-state index in [1.807, 2.05) is 0 Å². The molecule has 0 aliphatic carbocycles. The number of hydrogen-bond donors (Lipinski definition) is 2. The summed E-state index contributed by atoms with van der Waals surface area (Å²) < 4.78 is 36.8. The number of anilines is 2. The second-order valence-electron chi connectivity index (χ2n) is 7.78. The number of benzene rings is 2. The first kappa shape index (κ1) is 28.4. The molecular formula is C24H24ClFN8O6. The molecule has 0 saturated carbocycles. The molecule has 40 heavy (non-hydrogen) atoms. The predicted octanol–water partition coefficient (Wildman–Crippen LogP) is 2.52. The fraction of sp³-hybridized carbons (Fsp3) is 0.250. The molecular weight excluding hydrogens is 551 g/mol. The SMILES string of the molecule is COc1nc(OC)nc(C(O)c2ccccc2N(F)N(Cl)c2ccccc2C(O)c2nc(OC)nc(OC)n2)n1. The topological polar surface area (TPSA) is 161 Å². The quantitative estimate of drug-likeness (QED) is 0.198. The van der Waals surface area contributed by atoms with Crippen LogP contribution in [0.5, 0.6) is 24.0 Å². The van der Waals surface area contributed by atoms with Gasteiger partial charge in [-0.25, -0.2) is 0 Å². The molecule has 2 aromatic heterocycles. The smallest absolute Gasteiger partial charge is 0.322 e. The van der Waals surface area contributed by atoms with E-state index in [-0.39, 0.29) is 63.4 Å². The number of hydrazine groups is 1. The van der Waals surface area contributed by atoms with Crippen LogP contribution in [0.25, 0.3) is 0 Å². The molecule has 0 fully saturated rings. The molecule has 2 unspecified atom stereocenters. The van der Waals surface area contributed by atoms with Gasteiger partial charge in [0.15, 0.2) is 11.6 Å². The average molecular weight is 575 g/mol. The van der Waals surface area contributed by atoms with E-state index in [2.05, 4.69) is 29.9 Å². The van der Waals surface area contributed by atoms with E-state index in [1.165, 1.54) is 52.7 Å². The van der Waals surface area contributed by atoms with E-state index in [4.69, 9.17) is 30.7 Å². The third-order valence-electron chi connectivity index (χ3n) is 5.46. The lowest BCUT2D eigenvalue weighted by molar-refractivity contribution is 0.202. The van der Waals surface area contributed by atoms with Crippen LogP contribution in [-0.4, -0.2) is 68.6 Å². The van der Waals surface area contributed by atoms with Crippen LogP contribution in [0.2, 0.25) is 0 Å². The Morgan fingerprint density at radius 3 is 1.38 bits per heavy atom. The molecule has 0 bridgehead atoms. The van der Waals surface area contributed by atoms with Gasteiger partial charge >= 0.3 is 24.0 Å². The van der Waals surface area contributed by atoms with Crippen molar-refractivity contribution < 1.29 is 33.6 Å². The standard InChI is InChI=1S/C24H24ClFN8O6/c1-37-21-27-19(28-22(31-21)38-2)17(35)13-9-5-7-11-15(13)33(25)34(26)16-12-8-6-10-14(16)18(36)20-29-23(39-3)32-24(30-20)40-4/h5-12,17-18,35-36H,1-4H3. The summed E-state index contributed by atoms with van der Waals surface area (Å²) in [4.78, 5) is 24.0. The highest BCUT2D eigenvalue weighted by Crippen LogP contribution is 2.37. The van der Waals surface area contributed by atoms with Crippen molar-refractivity contribution in [1.29, 1.82) is 0 Å². The first-order valence-electron chi connectivity index (χ1n) is 11.4. The highest BCUT2D eigenvalue weighted by Gasteiger charge is 2.29. The number of aliphatic hydroxyl groups is 2. The monoisotopic (exact) mass is 574 g/mol. The summed E-state index contributed by atoms with van der Waals surface area (Å²) in [6.07, 6.45) is -3.01. The molecule has 0 aliphatic heterocycles. The summed E-state index contributed by atoms with van der Waals surface area (Å²) in [6.45, 7) is 0. The molecule has 0 aliphatic rings. The van der Waals surface area contributed by atoms with Gasteiger partial charge in [-0.2, -0.15) is 24.5 Å². The van der Waals surface area contributed by atoms with Gasteiger partial charge in [-0.05, 0) is 12.1 Å². The molecule has 2 atom stereocenters. The predicted molar refractivity (Wildman–Crippen MR) is 139 cm³/mol. The van der Waals surface area contributed by atoms with Gasteiger partial charge < -0.3 is 29.2 Å². The summed E-state index contributed by atoms with van der Waals surface area (Å²) in [5.41, 5.74) is 0.0674. The summed E-state index contributed by atoms with van der Waals surface area (Å²) in [7, 11) is 5.36. The van der Waals surface area contributed by atoms with Gasteiger partial charge in [-0.3, -0.25) is 0 Å². The molecule has 2 heterocycles. The third-order valence-corrected chi connectivity index (χ3v) is 5.77. The van der Waals surface area contributed by atoms with Crippen molar-refractivity contribution in [2.75, 3.05) is 38.2 Å². The van der Waals surface area contributed by atoms with Gasteiger partial charge in [0.25, 0.3) is 0 Å². The van der Waals surface area contributed by atoms with Crippen molar-refractivity contribution in [3.63, 3.8) is 0 Å². The number of para-hydroxylation sites is 2. The highest BCUT2D eigenvalue weighted by molar-refractivity contribution is 6.26. The Morgan fingerprint density at radius 2 is 0.975 bits per heavy atom. The number of nitrogens with zero attached hydrogens (tertiary/aromatic N) is 8. The Kier molecular flexibility index (Phi) is 8.88. The van der Waals surface area contributed by atoms with E-state index >= 15 is 4.48 Å². The van der Waals surface area contributed by atoms with Crippen molar-refractivity contribution in [3.05, 3.63) is 71.3 Å². The van der Waals surface area contributed by atoms with Crippen molar-refractivity contribution in [2.24, 2.45) is 0 Å². The maximum atomic E-state index is 16.0. The molecule has 0 saturated heterocycles. The molecule has 0 spiro atoms. The average Bonchev–Trinajstić information content (AvgIpc) is 3.02. The minimum Gasteiger partial charge on any atom is -0.467 e. The van der Waals surface area contributed by atoms with Crippen molar-refractivity contribution >= 4 is 23.2 Å². The van der Waals surface area contributed by atoms with E-state index in [9.17, 15) is 10.2 Å². The Labute approximate surface area is 232 Å². The number of rotatable bonds is 11. The van der Waals surface area contributed by atoms with Crippen LogP contribution in [0.4, 0.5) is 15.9 Å². The zero-order valence-corrected chi connectivity index (χ0v) is 22.4. The Morgan fingerprint density at radius 1 is 0.625 bits per heavy atom. The van der Waals surface area contributed by atoms with E-state index in [0.29, 0.717) is 4.53 Å². The van der Waals surface area contributed by atoms with Gasteiger partial charge in [-0.15, -0.1) is 15.2 Å². The summed E-state index contributed by atoms with van der Waals surface area (Å²) >= 11 is 6.47. The highest BCUT2D eigenvalue weighted by atomic mass is 35.5. The molecule has 0 radical (unpaired) electrons. The van der Waals surface area contributed by atoms with Crippen LogP contribution < -0.4 is 28.7 Å². The Hall–Kier alpha value is -4.60. The van der Waals surface area contributed by atoms with Crippen molar-refractivity contribution in [3.8, 4) is 24.0 Å². The maximum Gasteiger partial charge on any atom is 0.322 e. The Bertz CT molecular complexity index is 1320. The van der Waals surface area contributed by atoms with Crippen LogP contribution in [0.1, 0.15) is 35.0 Å². The molecule has 16 heteroatoms. The first-order valence-corrected chi connectivity index (χ1v) is 11.8. The lowest BCUT2D eigenvalue weighted by atomic mass is 10.1. The van der Waals surface area contributed by atoms with Crippen LogP contribution >= 0.6 is 11.8 Å². The number of halogens is 2. The second-order valence-corrected chi connectivity index (χ2v) is 8.10. The van der Waals surface area contributed by atoms with E-state index in [1.54, 1.807) is 24.3 Å². The molecule has 14 nitrogen and oxygen atoms in total. The lowest BCUT2D eigenvalue weighted by Gasteiger charge is -2.28. The summed E-state index contributed by atoms with van der Waals surface area (Å²) in [6, 6.07) is 11.8. The molecule has 4 aromatic rings. The number of hydrogen-bond acceptors (Lipinski definition) is 14. The fourth-order valence-corrected chi connectivity index (χ4v) is 3.79. The third kappa shape index (κ3) is 5.85. The zero-order chi connectivity index (χ0) is 28.8. The van der Waals surface area contributed by atoms with Crippen LogP contribution in [0, 0.1) is 0 Å². The largest absolute Gasteiger partial charge is 0.467 e. The molecule has 0 amide bonds. The van der Waals surface area contributed by atoms with Crippen molar-refractivity contribution in [1.82, 2.24) is 29.9 Å². The van der Waals surface area contributed by atoms with Crippen LogP contribution in [0.3, 0.4) is 0 Å². The van der Waals surface area contributed by atoms with E-state index < -0.39 is 12.2 Å². The minimum atomic E-state index is -1.53. The van der Waals surface area contributed by atoms with Crippen LogP contribution in [-0.2, 0) is 0 Å². The molecule has 210 valence electrons.